The second kappa shape index (κ2) is 10.3. The van der Waals surface area contributed by atoms with Crippen molar-refractivity contribution in [2.45, 2.75) is 20.3 Å². The molecule has 0 aromatic heterocycles. The van der Waals surface area contributed by atoms with Crippen molar-refractivity contribution in [1.82, 2.24) is 4.90 Å². The predicted molar refractivity (Wildman–Crippen MR) is 127 cm³/mol. The van der Waals surface area contributed by atoms with Crippen LogP contribution >= 0.6 is 39.9 Å². The number of rotatable bonds is 8. The lowest BCUT2D eigenvalue weighted by molar-refractivity contribution is -0.122. The van der Waals surface area contributed by atoms with E-state index in [0.29, 0.717) is 40.5 Å². The smallest absolute Gasteiger partial charge is 0.266 e. The fraction of sp³-hybridized carbons (Fsp3) is 0.273. The molecule has 3 rings (SSSR count). The molecule has 1 aliphatic rings. The lowest BCUT2D eigenvalue weighted by Crippen LogP contribution is -2.30. The van der Waals surface area contributed by atoms with E-state index in [4.69, 9.17) is 21.7 Å². The van der Waals surface area contributed by atoms with Crippen LogP contribution in [0.4, 0.5) is 0 Å². The lowest BCUT2D eigenvalue weighted by Gasteiger charge is -2.14. The van der Waals surface area contributed by atoms with E-state index in [9.17, 15) is 4.79 Å². The number of thiocarbonyl (C=S) groups is 1. The van der Waals surface area contributed by atoms with Gasteiger partial charge in [0.25, 0.3) is 5.91 Å². The molecular formula is C22H22BrNO3S2. The van der Waals surface area contributed by atoms with Crippen LogP contribution in [0.1, 0.15) is 25.0 Å². The second-order valence-corrected chi connectivity index (χ2v) is 8.79. The van der Waals surface area contributed by atoms with Crippen molar-refractivity contribution in [3.8, 4) is 11.5 Å². The van der Waals surface area contributed by atoms with E-state index in [1.807, 2.05) is 50.3 Å². The number of nitrogens with zero attached hydrogens (tertiary/aromatic N) is 1. The highest BCUT2D eigenvalue weighted by Crippen LogP contribution is 2.38. The molecule has 2 aromatic carbocycles. The molecule has 1 fully saturated rings. The molecule has 0 atom stereocenters. The van der Waals surface area contributed by atoms with Gasteiger partial charge in [-0.3, -0.25) is 9.69 Å². The normalized spacial score (nSPS) is 15.3. The van der Waals surface area contributed by atoms with E-state index in [2.05, 4.69) is 28.1 Å². The van der Waals surface area contributed by atoms with Gasteiger partial charge in [-0.25, -0.2) is 0 Å². The third-order valence-corrected chi connectivity index (χ3v) is 6.29. The topological polar surface area (TPSA) is 38.8 Å². The maximum atomic E-state index is 12.9. The summed E-state index contributed by atoms with van der Waals surface area (Å²) in [7, 11) is 0. The minimum Gasteiger partial charge on any atom is -0.493 e. The SMILES string of the molecule is CCOc1cc(OCC)c(/C=C2/SC(=S)N(CCc3ccccc3)C2=O)cc1Br. The van der Waals surface area contributed by atoms with Gasteiger partial charge < -0.3 is 9.47 Å². The molecule has 0 spiro atoms. The summed E-state index contributed by atoms with van der Waals surface area (Å²) in [4.78, 5) is 15.2. The maximum absolute atomic E-state index is 12.9. The molecule has 7 heteroatoms. The molecule has 1 amide bonds. The van der Waals surface area contributed by atoms with Crippen molar-refractivity contribution in [2.75, 3.05) is 19.8 Å². The third-order valence-electron chi connectivity index (χ3n) is 4.29. The molecule has 0 unspecified atom stereocenters. The van der Waals surface area contributed by atoms with Gasteiger partial charge in [-0.1, -0.05) is 54.3 Å². The molecule has 1 saturated heterocycles. The Bertz CT molecular complexity index is 931. The average molecular weight is 492 g/mol. The molecule has 1 heterocycles. The van der Waals surface area contributed by atoms with Crippen LogP contribution in [0.25, 0.3) is 6.08 Å². The summed E-state index contributed by atoms with van der Waals surface area (Å²) >= 11 is 10.3. The molecule has 0 saturated carbocycles. The Kier molecular flexibility index (Phi) is 7.75. The zero-order valence-electron chi connectivity index (χ0n) is 16.3. The molecule has 2 aromatic rings. The van der Waals surface area contributed by atoms with Crippen molar-refractivity contribution in [3.05, 3.63) is 63.0 Å². The van der Waals surface area contributed by atoms with E-state index >= 15 is 0 Å². The number of halogens is 1. The van der Waals surface area contributed by atoms with Crippen molar-refractivity contribution in [3.63, 3.8) is 0 Å². The summed E-state index contributed by atoms with van der Waals surface area (Å²) < 4.78 is 12.8. The standard InChI is InChI=1S/C22H22BrNO3S2/c1-3-26-18-14-19(27-4-2)17(23)12-16(18)13-20-21(25)24(22(28)29-20)11-10-15-8-6-5-7-9-15/h5-9,12-14H,3-4,10-11H2,1-2H3/b20-13+. The number of hydrogen-bond acceptors (Lipinski definition) is 5. The van der Waals surface area contributed by atoms with Gasteiger partial charge in [-0.15, -0.1) is 0 Å². The fourth-order valence-corrected chi connectivity index (χ4v) is 4.70. The van der Waals surface area contributed by atoms with Crippen LogP contribution in [0.2, 0.25) is 0 Å². The monoisotopic (exact) mass is 491 g/mol. The van der Waals surface area contributed by atoms with Gasteiger partial charge >= 0.3 is 0 Å². The highest BCUT2D eigenvalue weighted by Gasteiger charge is 2.32. The van der Waals surface area contributed by atoms with Crippen molar-refractivity contribution in [2.24, 2.45) is 0 Å². The largest absolute Gasteiger partial charge is 0.493 e. The van der Waals surface area contributed by atoms with Gasteiger partial charge in [0.15, 0.2) is 0 Å². The summed E-state index contributed by atoms with van der Waals surface area (Å²) in [5.74, 6) is 1.32. The first kappa shape index (κ1) is 21.9. The zero-order valence-corrected chi connectivity index (χ0v) is 19.5. The lowest BCUT2D eigenvalue weighted by atomic mass is 10.1. The van der Waals surface area contributed by atoms with Crippen molar-refractivity contribution >= 4 is 56.2 Å². The Labute approximate surface area is 189 Å². The first-order valence-electron chi connectivity index (χ1n) is 9.42. The Hall–Kier alpha value is -1.83. The maximum Gasteiger partial charge on any atom is 0.266 e. The van der Waals surface area contributed by atoms with Gasteiger partial charge in [0.1, 0.15) is 15.8 Å². The van der Waals surface area contributed by atoms with E-state index < -0.39 is 0 Å². The van der Waals surface area contributed by atoms with Crippen molar-refractivity contribution in [1.29, 1.82) is 0 Å². The van der Waals surface area contributed by atoms with E-state index in [1.54, 1.807) is 4.90 Å². The molecule has 29 heavy (non-hydrogen) atoms. The summed E-state index contributed by atoms with van der Waals surface area (Å²) in [6, 6.07) is 13.8. The van der Waals surface area contributed by atoms with Gasteiger partial charge in [-0.2, -0.15) is 0 Å². The van der Waals surface area contributed by atoms with Crippen molar-refractivity contribution < 1.29 is 14.3 Å². The fourth-order valence-electron chi connectivity index (χ4n) is 2.93. The number of carbonyl (C=O) groups excluding carboxylic acids is 1. The van der Waals surface area contributed by atoms with Crippen LogP contribution in [0, 0.1) is 0 Å². The van der Waals surface area contributed by atoms with Gasteiger partial charge in [0.2, 0.25) is 0 Å². The van der Waals surface area contributed by atoms with Gasteiger partial charge in [0, 0.05) is 18.2 Å². The summed E-state index contributed by atoms with van der Waals surface area (Å²) in [5, 5.41) is 0. The minimum absolute atomic E-state index is 0.0663. The number of amides is 1. The summed E-state index contributed by atoms with van der Waals surface area (Å²) in [5.41, 5.74) is 1.99. The molecular weight excluding hydrogens is 470 g/mol. The van der Waals surface area contributed by atoms with Crippen LogP contribution in [-0.2, 0) is 11.2 Å². The average Bonchev–Trinajstić information content (AvgIpc) is 2.97. The van der Waals surface area contributed by atoms with Crippen LogP contribution in [0.3, 0.4) is 0 Å². The molecule has 152 valence electrons. The first-order chi connectivity index (χ1) is 14.0. The third kappa shape index (κ3) is 5.41. The molecule has 0 radical (unpaired) electrons. The Morgan fingerprint density at radius 3 is 2.48 bits per heavy atom. The molecule has 0 N–H and O–H groups in total. The predicted octanol–water partition coefficient (Wildman–Crippen LogP) is 5.69. The molecule has 1 aliphatic heterocycles. The van der Waals surface area contributed by atoms with Crippen LogP contribution in [0.15, 0.2) is 51.8 Å². The van der Waals surface area contributed by atoms with E-state index in [-0.39, 0.29) is 5.91 Å². The van der Waals surface area contributed by atoms with Gasteiger partial charge in [-0.05, 0) is 53.9 Å². The Morgan fingerprint density at radius 2 is 1.79 bits per heavy atom. The minimum atomic E-state index is -0.0663. The summed E-state index contributed by atoms with van der Waals surface area (Å²) in [6.07, 6.45) is 2.60. The Balaban J connectivity index is 1.82. The van der Waals surface area contributed by atoms with Crippen LogP contribution in [-0.4, -0.2) is 34.9 Å². The van der Waals surface area contributed by atoms with Crippen LogP contribution in [0.5, 0.6) is 11.5 Å². The highest BCUT2D eigenvalue weighted by atomic mass is 79.9. The number of hydrogen-bond donors (Lipinski definition) is 0. The van der Waals surface area contributed by atoms with E-state index in [1.165, 1.54) is 17.3 Å². The molecule has 0 bridgehead atoms. The molecule has 4 nitrogen and oxygen atoms in total. The quantitative estimate of drug-likeness (QED) is 0.350. The van der Waals surface area contributed by atoms with Crippen LogP contribution < -0.4 is 9.47 Å². The molecule has 0 aliphatic carbocycles. The van der Waals surface area contributed by atoms with Gasteiger partial charge in [0.05, 0.1) is 22.6 Å². The number of thioether (sulfide) groups is 1. The number of benzene rings is 2. The highest BCUT2D eigenvalue weighted by molar-refractivity contribution is 9.10. The summed E-state index contributed by atoms with van der Waals surface area (Å²) in [6.45, 7) is 5.50. The second-order valence-electron chi connectivity index (χ2n) is 6.26. The van der Waals surface area contributed by atoms with E-state index in [0.717, 1.165) is 16.5 Å². The Morgan fingerprint density at radius 1 is 1.10 bits per heavy atom. The number of carbonyl (C=O) groups is 1. The first-order valence-corrected chi connectivity index (χ1v) is 11.4. The number of ether oxygens (including phenoxy) is 2. The zero-order chi connectivity index (χ0) is 20.8.